The van der Waals surface area contributed by atoms with Crippen molar-refractivity contribution in [2.75, 3.05) is 0 Å². The van der Waals surface area contributed by atoms with Gasteiger partial charge in [-0.2, -0.15) is 0 Å². The van der Waals surface area contributed by atoms with Crippen LogP contribution in [0, 0.1) is 0 Å². The lowest BCUT2D eigenvalue weighted by molar-refractivity contribution is 0.220. The molecule has 0 heterocycles. The fraction of sp³-hybridized carbons (Fsp3) is 0.364. The molecule has 6 heteroatoms. The molecule has 0 aliphatic rings. The van der Waals surface area contributed by atoms with Gasteiger partial charge in [-0.1, -0.05) is 26.0 Å². The first-order valence-electron chi connectivity index (χ1n) is 5.12. The molecule has 0 aliphatic heterocycles. The van der Waals surface area contributed by atoms with Gasteiger partial charge in [0.1, 0.15) is 5.75 Å². The topological polar surface area (TPSA) is 83.5 Å². The Balaban J connectivity index is 2.79. The summed E-state index contributed by atoms with van der Waals surface area (Å²) in [6.45, 7) is 4.09. The molecule has 0 aromatic heterocycles. The van der Waals surface area contributed by atoms with Crippen LogP contribution in [0.15, 0.2) is 24.3 Å². The number of hydrogen-bond donors (Lipinski definition) is 0. The second-order valence-corrected chi connectivity index (χ2v) is 4.93. The number of benzene rings is 1. The fourth-order valence-electron chi connectivity index (χ4n) is 1.25. The van der Waals surface area contributed by atoms with Gasteiger partial charge in [0.2, 0.25) is 0 Å². The Kier molecular flexibility index (Phi) is 4.25. The van der Waals surface area contributed by atoms with Gasteiger partial charge in [0.05, 0.1) is 0 Å². The Morgan fingerprint density at radius 1 is 1.35 bits per heavy atom. The maximum Gasteiger partial charge on any atom is 0.418 e. The summed E-state index contributed by atoms with van der Waals surface area (Å²) in [4.78, 5) is 10.8. The lowest BCUT2D eigenvalue weighted by Crippen LogP contribution is -2.18. The van der Waals surface area contributed by atoms with Crippen LogP contribution in [0.2, 0.25) is 0 Å². The zero-order chi connectivity index (χ0) is 13.1. The lowest BCUT2D eigenvalue weighted by Gasteiger charge is -2.10. The Bertz CT molecular complexity index is 489. The largest absolute Gasteiger partial charge is 0.739 e. The maximum atomic E-state index is 10.8. The first-order valence-corrected chi connectivity index (χ1v) is 6.53. The summed E-state index contributed by atoms with van der Waals surface area (Å²) in [5.41, 5.74) is 1.05. The quantitative estimate of drug-likeness (QED) is 0.612. The van der Waals surface area contributed by atoms with E-state index in [1.165, 1.54) is 12.1 Å². The SMILES string of the molecule is CCC(C)c1ccc(OC(=O)S(=O)(=O)[O-])cc1. The predicted octanol–water partition coefficient (Wildman–Crippen LogP) is 2.24. The van der Waals surface area contributed by atoms with Crippen molar-refractivity contribution in [1.82, 2.24) is 0 Å². The van der Waals surface area contributed by atoms with Crippen molar-refractivity contribution in [2.24, 2.45) is 0 Å². The van der Waals surface area contributed by atoms with E-state index in [4.69, 9.17) is 0 Å². The molecule has 1 aromatic carbocycles. The van der Waals surface area contributed by atoms with Gasteiger partial charge in [0.25, 0.3) is 0 Å². The van der Waals surface area contributed by atoms with E-state index in [9.17, 15) is 17.8 Å². The van der Waals surface area contributed by atoms with Crippen LogP contribution >= 0.6 is 0 Å². The van der Waals surface area contributed by atoms with Crippen molar-refractivity contribution >= 4 is 15.4 Å². The molecule has 0 amide bonds. The van der Waals surface area contributed by atoms with Gasteiger partial charge in [0, 0.05) is 0 Å². The van der Waals surface area contributed by atoms with Crippen molar-refractivity contribution in [1.29, 1.82) is 0 Å². The minimum absolute atomic E-state index is 0.0430. The van der Waals surface area contributed by atoms with Crippen LogP contribution in [0.3, 0.4) is 0 Å². The standard InChI is InChI=1S/C11H14O5S/c1-3-8(2)9-4-6-10(7-5-9)16-11(12)17(13,14)15/h4-8H,3H2,1-2H3,(H,13,14,15)/p-1. The molecular weight excluding hydrogens is 244 g/mol. The highest BCUT2D eigenvalue weighted by Crippen LogP contribution is 2.21. The molecule has 0 bridgehead atoms. The average Bonchev–Trinajstić information content (AvgIpc) is 2.27. The van der Waals surface area contributed by atoms with Crippen LogP contribution in [0.1, 0.15) is 31.7 Å². The van der Waals surface area contributed by atoms with Gasteiger partial charge in [-0.05, 0) is 30.0 Å². The van der Waals surface area contributed by atoms with Crippen LogP contribution in [0.25, 0.3) is 0 Å². The van der Waals surface area contributed by atoms with Crippen molar-refractivity contribution < 1.29 is 22.5 Å². The Hall–Kier alpha value is -1.40. The fourth-order valence-corrected chi connectivity index (χ4v) is 1.45. The number of rotatable bonds is 3. The van der Waals surface area contributed by atoms with E-state index in [1.54, 1.807) is 12.1 Å². The summed E-state index contributed by atoms with van der Waals surface area (Å²) in [5, 5.41) is -1.78. The zero-order valence-corrected chi connectivity index (χ0v) is 10.4. The van der Waals surface area contributed by atoms with Crippen LogP contribution < -0.4 is 4.74 Å². The van der Waals surface area contributed by atoms with Gasteiger partial charge in [-0.25, -0.2) is 13.2 Å². The Morgan fingerprint density at radius 3 is 2.29 bits per heavy atom. The zero-order valence-electron chi connectivity index (χ0n) is 9.54. The third-order valence-corrected chi connectivity index (χ3v) is 2.96. The molecule has 0 N–H and O–H groups in total. The van der Waals surface area contributed by atoms with E-state index in [0.717, 1.165) is 12.0 Å². The minimum Gasteiger partial charge on any atom is -0.739 e. The number of hydrogen-bond acceptors (Lipinski definition) is 5. The van der Waals surface area contributed by atoms with E-state index < -0.39 is 15.4 Å². The molecule has 0 aliphatic carbocycles. The Morgan fingerprint density at radius 2 is 1.88 bits per heavy atom. The molecule has 0 spiro atoms. The molecular formula is C11H13O5S-. The van der Waals surface area contributed by atoms with E-state index in [1.807, 2.05) is 13.8 Å². The smallest absolute Gasteiger partial charge is 0.418 e. The molecule has 1 unspecified atom stereocenters. The molecule has 0 fully saturated rings. The van der Waals surface area contributed by atoms with Crippen molar-refractivity contribution in [3.8, 4) is 5.75 Å². The minimum atomic E-state index is -5.04. The van der Waals surface area contributed by atoms with E-state index in [2.05, 4.69) is 4.74 Å². The van der Waals surface area contributed by atoms with Gasteiger partial charge in [0.15, 0.2) is 10.1 Å². The van der Waals surface area contributed by atoms with Crippen LogP contribution in [-0.2, 0) is 10.1 Å². The van der Waals surface area contributed by atoms with E-state index in [-0.39, 0.29) is 5.75 Å². The Labute approximate surface area is 100 Å². The molecule has 1 aromatic rings. The maximum absolute atomic E-state index is 10.8. The van der Waals surface area contributed by atoms with Crippen molar-refractivity contribution in [2.45, 2.75) is 26.2 Å². The second-order valence-electron chi connectivity index (χ2n) is 3.68. The highest BCUT2D eigenvalue weighted by Gasteiger charge is 2.13. The third-order valence-electron chi connectivity index (χ3n) is 2.47. The van der Waals surface area contributed by atoms with Crippen LogP contribution in [-0.4, -0.2) is 18.3 Å². The lowest BCUT2D eigenvalue weighted by atomic mass is 9.99. The van der Waals surface area contributed by atoms with Gasteiger partial charge < -0.3 is 9.29 Å². The number of carbonyl (C=O) groups excluding carboxylic acids is 1. The van der Waals surface area contributed by atoms with E-state index in [0.29, 0.717) is 5.92 Å². The number of carbonyl (C=O) groups is 1. The molecule has 0 saturated heterocycles. The highest BCUT2D eigenvalue weighted by atomic mass is 32.2. The van der Waals surface area contributed by atoms with Crippen molar-refractivity contribution in [3.05, 3.63) is 29.8 Å². The van der Waals surface area contributed by atoms with Crippen molar-refractivity contribution in [3.63, 3.8) is 0 Å². The molecule has 5 nitrogen and oxygen atoms in total. The molecule has 94 valence electrons. The monoisotopic (exact) mass is 257 g/mol. The highest BCUT2D eigenvalue weighted by molar-refractivity contribution is 8.00. The molecule has 1 rings (SSSR count). The van der Waals surface area contributed by atoms with Crippen LogP contribution in [0.4, 0.5) is 4.79 Å². The first kappa shape index (κ1) is 13.7. The summed E-state index contributed by atoms with van der Waals surface area (Å²) < 4.78 is 35.4. The molecule has 0 radical (unpaired) electrons. The van der Waals surface area contributed by atoms with Gasteiger partial charge >= 0.3 is 5.30 Å². The van der Waals surface area contributed by atoms with Gasteiger partial charge in [-0.3, -0.25) is 0 Å². The molecule has 17 heavy (non-hydrogen) atoms. The summed E-state index contributed by atoms with van der Waals surface area (Å²) in [6, 6.07) is 6.39. The second kappa shape index (κ2) is 5.29. The first-order chi connectivity index (χ1) is 7.84. The van der Waals surface area contributed by atoms with Gasteiger partial charge in [-0.15, -0.1) is 0 Å². The van der Waals surface area contributed by atoms with E-state index >= 15 is 0 Å². The third kappa shape index (κ3) is 3.83. The molecule has 1 atom stereocenters. The summed E-state index contributed by atoms with van der Waals surface area (Å²) in [6.07, 6.45) is 0.966. The normalized spacial score (nSPS) is 13.1. The summed E-state index contributed by atoms with van der Waals surface area (Å²) in [7, 11) is -5.04. The summed E-state index contributed by atoms with van der Waals surface area (Å²) in [5.74, 6) is 0.407. The average molecular weight is 257 g/mol. The number of ether oxygens (including phenoxy) is 1. The van der Waals surface area contributed by atoms with Crippen LogP contribution in [0.5, 0.6) is 5.75 Å². The predicted molar refractivity (Wildman–Crippen MR) is 60.9 cm³/mol. The molecule has 0 saturated carbocycles. The summed E-state index contributed by atoms with van der Waals surface area (Å²) >= 11 is 0.